The number of benzene rings is 2. The average Bonchev–Trinajstić information content (AvgIpc) is 2.97. The molecule has 0 aromatic heterocycles. The number of hydrogen-bond acceptors (Lipinski definition) is 13. The Labute approximate surface area is 316 Å². The van der Waals surface area contributed by atoms with Gasteiger partial charge in [-0.25, -0.2) is 19.4 Å². The number of hydrogen-bond donors (Lipinski definition) is 4. The molecule has 3 amide bonds. The summed E-state index contributed by atoms with van der Waals surface area (Å²) in [4.78, 5) is 75.4. The number of aliphatic hydroxyl groups is 1. The van der Waals surface area contributed by atoms with Crippen molar-refractivity contribution in [3.8, 4) is 5.75 Å². The monoisotopic (exact) mass is 758 g/mol. The first-order chi connectivity index (χ1) is 24.6. The van der Waals surface area contributed by atoms with Crippen molar-refractivity contribution in [3.05, 3.63) is 59.2 Å². The average molecular weight is 759 g/mol. The van der Waals surface area contributed by atoms with Crippen LogP contribution in [0.25, 0.3) is 0 Å². The predicted molar refractivity (Wildman–Crippen MR) is 199 cm³/mol. The maximum Gasteiger partial charge on any atom is 0.414 e. The lowest BCUT2D eigenvalue weighted by Gasteiger charge is -2.22. The van der Waals surface area contributed by atoms with Gasteiger partial charge in [-0.3, -0.25) is 25.0 Å². The van der Waals surface area contributed by atoms with Crippen LogP contribution in [0.1, 0.15) is 122 Å². The van der Waals surface area contributed by atoms with Crippen LogP contribution in [0, 0.1) is 0 Å². The van der Waals surface area contributed by atoms with Crippen LogP contribution in [0.15, 0.2) is 47.5 Å². The minimum absolute atomic E-state index is 0.0324. The van der Waals surface area contributed by atoms with Crippen LogP contribution >= 0.6 is 0 Å². The van der Waals surface area contributed by atoms with Crippen LogP contribution in [0.4, 0.5) is 15.3 Å². The molecular formula is C38H54N4O12. The van der Waals surface area contributed by atoms with Crippen molar-refractivity contribution in [3.63, 3.8) is 0 Å². The number of rotatable bonds is 8. The molecule has 0 heterocycles. The Morgan fingerprint density at radius 1 is 0.648 bits per heavy atom. The van der Waals surface area contributed by atoms with Crippen molar-refractivity contribution in [2.24, 2.45) is 10.7 Å². The SMILES string of the molecule is CC(C)(C)OC(=O)CCC(=O)OC(C)(C)C.CC(C)(C)OC(=O)NC(=Nc1ccc(C(=O)Oc2ccc(CO)c(C(N)=O)c2)cc1)NC(=O)OC(C)(C)C. The zero-order chi connectivity index (χ0) is 41.7. The third-order valence-corrected chi connectivity index (χ3v) is 5.68. The topological polar surface area (TPSA) is 231 Å². The molecule has 0 unspecified atom stereocenters. The third kappa shape index (κ3) is 20.5. The number of aliphatic imine (C=N–C) groups is 1. The molecule has 2 aromatic carbocycles. The fourth-order valence-corrected chi connectivity index (χ4v) is 3.83. The van der Waals surface area contributed by atoms with E-state index in [1.54, 1.807) is 83.1 Å². The smallest absolute Gasteiger partial charge is 0.414 e. The lowest BCUT2D eigenvalue weighted by molar-refractivity contribution is -0.162. The molecule has 0 aliphatic rings. The first-order valence-corrected chi connectivity index (χ1v) is 16.9. The molecule has 0 aliphatic carbocycles. The molecule has 2 rings (SSSR count). The van der Waals surface area contributed by atoms with Crippen molar-refractivity contribution in [1.29, 1.82) is 0 Å². The molecule has 54 heavy (non-hydrogen) atoms. The van der Waals surface area contributed by atoms with Gasteiger partial charge in [0.15, 0.2) is 0 Å². The number of esters is 3. The molecule has 0 saturated carbocycles. The maximum absolute atomic E-state index is 12.6. The summed E-state index contributed by atoms with van der Waals surface area (Å²) in [5, 5.41) is 14.0. The van der Waals surface area contributed by atoms with Gasteiger partial charge in [0, 0.05) is 5.56 Å². The van der Waals surface area contributed by atoms with Gasteiger partial charge in [0.2, 0.25) is 11.9 Å². The van der Waals surface area contributed by atoms with Crippen molar-refractivity contribution in [1.82, 2.24) is 10.6 Å². The molecule has 0 bridgehead atoms. The number of aliphatic hydroxyl groups excluding tert-OH is 1. The molecule has 0 saturated heterocycles. The van der Waals surface area contributed by atoms with E-state index in [0.717, 1.165) is 0 Å². The van der Waals surface area contributed by atoms with E-state index in [-0.39, 0.29) is 53.3 Å². The summed E-state index contributed by atoms with van der Waals surface area (Å²) < 4.78 is 25.9. The van der Waals surface area contributed by atoms with E-state index in [2.05, 4.69) is 15.6 Å². The molecular weight excluding hydrogens is 704 g/mol. The van der Waals surface area contributed by atoms with Crippen molar-refractivity contribution >= 4 is 47.6 Å². The third-order valence-electron chi connectivity index (χ3n) is 5.68. The Kier molecular flexibility index (Phi) is 16.8. The van der Waals surface area contributed by atoms with E-state index in [1.165, 1.54) is 42.5 Å². The maximum atomic E-state index is 12.6. The highest BCUT2D eigenvalue weighted by molar-refractivity contribution is 6.02. The Bertz CT molecular complexity index is 1610. The molecule has 0 spiro atoms. The summed E-state index contributed by atoms with van der Waals surface area (Å²) in [6.45, 7) is 20.4. The van der Waals surface area contributed by atoms with Crippen molar-refractivity contribution in [2.75, 3.05) is 0 Å². The summed E-state index contributed by atoms with van der Waals surface area (Å²) >= 11 is 0. The number of carbonyl (C=O) groups excluding carboxylic acids is 6. The fraction of sp³-hybridized carbons (Fsp3) is 0.500. The first kappa shape index (κ1) is 46.5. The fourth-order valence-electron chi connectivity index (χ4n) is 3.83. The summed E-state index contributed by atoms with van der Waals surface area (Å²) in [5.41, 5.74) is 3.46. The Hall–Kier alpha value is -5.51. The number of ether oxygens (including phenoxy) is 5. The van der Waals surface area contributed by atoms with Gasteiger partial charge in [-0.2, -0.15) is 0 Å². The predicted octanol–water partition coefficient (Wildman–Crippen LogP) is 5.98. The van der Waals surface area contributed by atoms with Crippen LogP contribution in [0.2, 0.25) is 0 Å². The van der Waals surface area contributed by atoms with E-state index in [4.69, 9.17) is 29.4 Å². The van der Waals surface area contributed by atoms with Gasteiger partial charge in [-0.05, 0) is 125 Å². The number of nitrogens with one attached hydrogen (secondary N) is 2. The van der Waals surface area contributed by atoms with Gasteiger partial charge in [-0.1, -0.05) is 6.07 Å². The van der Waals surface area contributed by atoms with E-state index in [1.807, 2.05) is 0 Å². The van der Waals surface area contributed by atoms with Crippen LogP contribution in [-0.4, -0.2) is 69.5 Å². The molecule has 0 fully saturated rings. The Balaban J connectivity index is 0.000000765. The molecule has 16 nitrogen and oxygen atoms in total. The highest BCUT2D eigenvalue weighted by Gasteiger charge is 2.23. The van der Waals surface area contributed by atoms with Gasteiger partial charge >= 0.3 is 30.1 Å². The van der Waals surface area contributed by atoms with Crippen LogP contribution in [0.5, 0.6) is 5.75 Å². The van der Waals surface area contributed by atoms with Gasteiger partial charge < -0.3 is 34.5 Å². The second kappa shape index (κ2) is 19.5. The number of amides is 3. The van der Waals surface area contributed by atoms with Crippen LogP contribution in [0.3, 0.4) is 0 Å². The number of nitrogens with two attached hydrogens (primary N) is 1. The van der Waals surface area contributed by atoms with Gasteiger partial charge in [0.1, 0.15) is 28.2 Å². The van der Waals surface area contributed by atoms with Crippen molar-refractivity contribution < 1.29 is 57.6 Å². The van der Waals surface area contributed by atoms with Gasteiger partial charge in [-0.15, -0.1) is 0 Å². The Morgan fingerprint density at radius 2 is 1.07 bits per heavy atom. The standard InChI is InChI=1S/C26H32N4O8.C12H22O4/c1-25(2,3)37-23(34)29-22(30-24(35)38-26(4,5)6)28-17-10-7-15(8-11-17)21(33)36-18-12-9-16(14-31)19(13-18)20(27)32;1-11(2,3)15-9(13)7-8-10(14)16-12(4,5)6/h7-13,31H,14H2,1-6H3,(H2,27,32)(H2,28,29,30,34,35);7-8H2,1-6H3. The number of primary amides is 1. The van der Waals surface area contributed by atoms with E-state index in [9.17, 15) is 33.9 Å². The number of carbonyl (C=O) groups is 6. The second-order valence-corrected chi connectivity index (χ2v) is 15.7. The molecule has 0 radical (unpaired) electrons. The molecule has 16 heteroatoms. The zero-order valence-corrected chi connectivity index (χ0v) is 33.1. The molecule has 298 valence electrons. The Morgan fingerprint density at radius 3 is 1.44 bits per heavy atom. The normalized spacial score (nSPS) is 11.4. The van der Waals surface area contributed by atoms with E-state index < -0.39 is 53.1 Å². The summed E-state index contributed by atoms with van der Waals surface area (Å²) in [6.07, 6.45) is -1.58. The van der Waals surface area contributed by atoms with Crippen LogP contribution in [-0.2, 0) is 35.1 Å². The second-order valence-electron chi connectivity index (χ2n) is 15.7. The molecule has 5 N–H and O–H groups in total. The summed E-state index contributed by atoms with van der Waals surface area (Å²) in [7, 11) is 0. The number of nitrogens with zero attached hydrogens (tertiary/aromatic N) is 1. The van der Waals surface area contributed by atoms with Gasteiger partial charge in [0.25, 0.3) is 0 Å². The molecule has 0 aliphatic heterocycles. The zero-order valence-electron chi connectivity index (χ0n) is 33.1. The summed E-state index contributed by atoms with van der Waals surface area (Å²) in [6, 6.07) is 9.85. The highest BCUT2D eigenvalue weighted by Crippen LogP contribution is 2.21. The van der Waals surface area contributed by atoms with E-state index in [0.29, 0.717) is 5.56 Å². The minimum Gasteiger partial charge on any atom is -0.460 e. The molecule has 2 aromatic rings. The number of guanidine groups is 1. The lowest BCUT2D eigenvalue weighted by atomic mass is 10.1. The number of alkyl carbamates (subject to hydrolysis) is 2. The highest BCUT2D eigenvalue weighted by atomic mass is 16.6. The minimum atomic E-state index is -0.852. The largest absolute Gasteiger partial charge is 0.460 e. The van der Waals surface area contributed by atoms with Crippen molar-refractivity contribution in [2.45, 2.75) is 125 Å². The van der Waals surface area contributed by atoms with E-state index >= 15 is 0 Å². The summed E-state index contributed by atoms with van der Waals surface area (Å²) in [5.74, 6) is -2.45. The first-order valence-electron chi connectivity index (χ1n) is 16.9. The molecule has 0 atom stereocenters. The lowest BCUT2D eigenvalue weighted by Crippen LogP contribution is -2.47. The van der Waals surface area contributed by atoms with Crippen LogP contribution < -0.4 is 21.1 Å². The van der Waals surface area contributed by atoms with Gasteiger partial charge in [0.05, 0.1) is 30.7 Å². The quantitative estimate of drug-likeness (QED) is 0.0800.